The third-order valence-electron chi connectivity index (χ3n) is 3.40. The van der Waals surface area contributed by atoms with Crippen LogP contribution in [0.15, 0.2) is 24.3 Å². The fourth-order valence-corrected chi connectivity index (χ4v) is 2.09. The van der Waals surface area contributed by atoms with Crippen LogP contribution in [0.4, 0.5) is 0 Å². The predicted molar refractivity (Wildman–Crippen MR) is 108 cm³/mol. The second-order valence-electron chi connectivity index (χ2n) is 7.42. The highest BCUT2D eigenvalue weighted by Crippen LogP contribution is 2.04. The number of carbonyl (C=O) groups is 5. The quantitative estimate of drug-likeness (QED) is 0.154. The van der Waals surface area contributed by atoms with Crippen LogP contribution in [0.3, 0.4) is 0 Å². The Morgan fingerprint density at radius 3 is 1.75 bits per heavy atom. The monoisotopic (exact) mass is 460 g/mol. The lowest BCUT2D eigenvalue weighted by molar-refractivity contribution is -0.873. The van der Waals surface area contributed by atoms with Gasteiger partial charge in [0.2, 0.25) is 0 Å². The van der Waals surface area contributed by atoms with E-state index < -0.39 is 55.3 Å². The number of aliphatic hydroxyl groups is 1. The van der Waals surface area contributed by atoms with Gasteiger partial charge in [0.15, 0.2) is 6.10 Å². The van der Waals surface area contributed by atoms with Gasteiger partial charge in [-0.15, -0.1) is 0 Å². The molecule has 0 amide bonds. The molecule has 0 heterocycles. The van der Waals surface area contributed by atoms with Crippen molar-refractivity contribution in [2.75, 3.05) is 55.1 Å². The summed E-state index contributed by atoms with van der Waals surface area (Å²) in [5.74, 6) is -4.25. The van der Waals surface area contributed by atoms with Gasteiger partial charge in [-0.1, -0.05) is 0 Å². The van der Waals surface area contributed by atoms with Gasteiger partial charge in [-0.25, -0.2) is 19.2 Å². The molecule has 0 aromatic heterocycles. The average molecular weight is 460 g/mol. The molecular weight excluding hydrogens is 430 g/mol. The molecular formula is C20H30NO11+. The first-order valence-electron chi connectivity index (χ1n) is 9.39. The molecule has 2 atom stereocenters. The van der Waals surface area contributed by atoms with E-state index in [2.05, 4.69) is 9.47 Å². The van der Waals surface area contributed by atoms with E-state index in [4.69, 9.17) is 14.2 Å². The van der Waals surface area contributed by atoms with Crippen LogP contribution in [0.2, 0.25) is 0 Å². The predicted octanol–water partition coefficient (Wildman–Crippen LogP) is -1.10. The van der Waals surface area contributed by atoms with Crippen molar-refractivity contribution < 1.29 is 57.2 Å². The molecule has 0 bridgehead atoms. The summed E-state index contributed by atoms with van der Waals surface area (Å²) in [6.45, 7) is -0.700. The molecule has 0 radical (unpaired) electrons. The average Bonchev–Trinajstić information content (AvgIpc) is 2.70. The summed E-state index contributed by atoms with van der Waals surface area (Å²) in [5.41, 5.74) is 0. The second-order valence-corrected chi connectivity index (χ2v) is 7.42. The molecule has 0 saturated heterocycles. The fourth-order valence-electron chi connectivity index (χ4n) is 2.09. The van der Waals surface area contributed by atoms with Crippen LogP contribution in [0, 0.1) is 0 Å². The zero-order valence-corrected chi connectivity index (χ0v) is 18.8. The van der Waals surface area contributed by atoms with Gasteiger partial charge < -0.3 is 33.3 Å². The maximum Gasteiger partial charge on any atom is 0.331 e. The molecule has 0 aromatic rings. The number of hydrogen-bond donors (Lipinski definition) is 1. The molecule has 12 heteroatoms. The summed E-state index contributed by atoms with van der Waals surface area (Å²) < 4.78 is 24.0. The molecule has 0 aromatic carbocycles. The van der Waals surface area contributed by atoms with Crippen molar-refractivity contribution in [3.8, 4) is 0 Å². The number of nitrogens with zero attached hydrogens (tertiary/aromatic N) is 1. The Morgan fingerprint density at radius 1 is 0.781 bits per heavy atom. The number of hydrogen-bond acceptors (Lipinski definition) is 11. The SMILES string of the molecule is COC(=O)/C=C/C(=O)OCC(COC(=O)C[C@@H](O)C[N+](C)(C)C)OC(=O)/C=C/C(=O)OC. The third-order valence-corrected chi connectivity index (χ3v) is 3.40. The number of carbonyl (C=O) groups excluding carboxylic acids is 5. The van der Waals surface area contributed by atoms with Crippen LogP contribution in [0.5, 0.6) is 0 Å². The van der Waals surface area contributed by atoms with E-state index in [-0.39, 0.29) is 6.42 Å². The Hall–Kier alpha value is -3.25. The van der Waals surface area contributed by atoms with Crippen LogP contribution >= 0.6 is 0 Å². The molecule has 0 fully saturated rings. The number of quaternary nitrogens is 1. The van der Waals surface area contributed by atoms with E-state index in [1.807, 2.05) is 21.1 Å². The highest BCUT2D eigenvalue weighted by Gasteiger charge is 2.22. The largest absolute Gasteiger partial charge is 0.466 e. The first-order valence-corrected chi connectivity index (χ1v) is 9.39. The molecule has 0 saturated carbocycles. The van der Waals surface area contributed by atoms with E-state index in [0.29, 0.717) is 11.0 Å². The highest BCUT2D eigenvalue weighted by molar-refractivity contribution is 5.92. The van der Waals surface area contributed by atoms with Gasteiger partial charge in [0, 0.05) is 24.3 Å². The number of ether oxygens (including phenoxy) is 5. The van der Waals surface area contributed by atoms with Gasteiger partial charge in [0.25, 0.3) is 0 Å². The minimum Gasteiger partial charge on any atom is -0.466 e. The van der Waals surface area contributed by atoms with E-state index in [0.717, 1.165) is 38.5 Å². The van der Waals surface area contributed by atoms with E-state index in [9.17, 15) is 29.1 Å². The molecule has 0 aliphatic carbocycles. The summed E-state index contributed by atoms with van der Waals surface area (Å²) in [6.07, 6.45) is 0.766. The number of methoxy groups -OCH3 is 2. The Morgan fingerprint density at radius 2 is 1.25 bits per heavy atom. The minimum absolute atomic E-state index is 0.292. The fraction of sp³-hybridized carbons (Fsp3) is 0.550. The molecule has 0 spiro atoms. The van der Waals surface area contributed by atoms with Gasteiger partial charge in [0.05, 0.1) is 41.8 Å². The lowest BCUT2D eigenvalue weighted by atomic mass is 10.2. The molecule has 1 N–H and O–H groups in total. The molecule has 0 rings (SSSR count). The molecule has 0 aliphatic heterocycles. The molecule has 0 aliphatic rings. The normalized spacial score (nSPS) is 13.3. The van der Waals surface area contributed by atoms with Gasteiger partial charge >= 0.3 is 29.8 Å². The minimum atomic E-state index is -1.22. The summed E-state index contributed by atoms with van der Waals surface area (Å²) in [5, 5.41) is 9.94. The van der Waals surface area contributed by atoms with Gasteiger partial charge in [0.1, 0.15) is 25.9 Å². The zero-order chi connectivity index (χ0) is 24.7. The maximum atomic E-state index is 12.0. The van der Waals surface area contributed by atoms with Crippen molar-refractivity contribution in [3.63, 3.8) is 0 Å². The van der Waals surface area contributed by atoms with Crippen molar-refractivity contribution >= 4 is 29.8 Å². The molecule has 32 heavy (non-hydrogen) atoms. The van der Waals surface area contributed by atoms with E-state index in [1.165, 1.54) is 0 Å². The Labute approximate surface area is 185 Å². The van der Waals surface area contributed by atoms with Crippen molar-refractivity contribution in [1.82, 2.24) is 0 Å². The summed E-state index contributed by atoms with van der Waals surface area (Å²) in [4.78, 5) is 57.5. The first kappa shape index (κ1) is 28.8. The lowest BCUT2D eigenvalue weighted by Gasteiger charge is -2.26. The topological polar surface area (TPSA) is 152 Å². The van der Waals surface area contributed by atoms with Crippen molar-refractivity contribution in [2.24, 2.45) is 0 Å². The lowest BCUT2D eigenvalue weighted by Crippen LogP contribution is -2.42. The molecule has 180 valence electrons. The maximum absolute atomic E-state index is 12.0. The van der Waals surface area contributed by atoms with Crippen LogP contribution in [0.25, 0.3) is 0 Å². The third kappa shape index (κ3) is 15.6. The Bertz CT molecular complexity index is 722. The zero-order valence-electron chi connectivity index (χ0n) is 18.8. The highest BCUT2D eigenvalue weighted by atomic mass is 16.6. The van der Waals surface area contributed by atoms with Crippen molar-refractivity contribution in [2.45, 2.75) is 18.6 Å². The van der Waals surface area contributed by atoms with Gasteiger partial charge in [-0.2, -0.15) is 0 Å². The van der Waals surface area contributed by atoms with E-state index >= 15 is 0 Å². The summed E-state index contributed by atoms with van der Waals surface area (Å²) in [6, 6.07) is 0. The number of esters is 5. The van der Waals surface area contributed by atoms with Crippen LogP contribution in [-0.2, 0) is 47.7 Å². The second kappa shape index (κ2) is 14.7. The number of likely N-dealkylation sites (N-methyl/N-ethyl adjacent to an activating group) is 1. The van der Waals surface area contributed by atoms with Crippen LogP contribution in [-0.4, -0.2) is 107 Å². The number of rotatable bonds is 13. The first-order chi connectivity index (χ1) is 14.9. The van der Waals surface area contributed by atoms with Gasteiger partial charge in [-0.3, -0.25) is 4.79 Å². The number of aliphatic hydroxyl groups excluding tert-OH is 1. The standard InChI is InChI=1S/C20H30NO11/c1-21(2,3)11-14(22)10-20(27)31-13-15(32-19(26)9-7-17(24)29-5)12-30-18(25)8-6-16(23)28-4/h6-9,14-15,22H,10-13H2,1-5H3/q+1/b8-6+,9-7+/t14-,15?/m1/s1. The summed E-state index contributed by atoms with van der Waals surface area (Å²) in [7, 11) is 7.77. The van der Waals surface area contributed by atoms with Crippen molar-refractivity contribution in [3.05, 3.63) is 24.3 Å². The Balaban J connectivity index is 4.92. The molecule has 12 nitrogen and oxygen atoms in total. The smallest absolute Gasteiger partial charge is 0.331 e. The molecule has 1 unspecified atom stereocenters. The van der Waals surface area contributed by atoms with Gasteiger partial charge in [-0.05, 0) is 0 Å². The van der Waals surface area contributed by atoms with Crippen LogP contribution < -0.4 is 0 Å². The summed E-state index contributed by atoms with van der Waals surface area (Å²) >= 11 is 0. The Kier molecular flexibility index (Phi) is 13.2. The van der Waals surface area contributed by atoms with Crippen molar-refractivity contribution in [1.29, 1.82) is 0 Å². The van der Waals surface area contributed by atoms with E-state index in [1.54, 1.807) is 0 Å². The van der Waals surface area contributed by atoms with Crippen LogP contribution in [0.1, 0.15) is 6.42 Å².